The summed E-state index contributed by atoms with van der Waals surface area (Å²) < 4.78 is 4.90. The van der Waals surface area contributed by atoms with E-state index in [2.05, 4.69) is 5.32 Å². The molecule has 1 amide bonds. The van der Waals surface area contributed by atoms with E-state index < -0.39 is 6.10 Å². The van der Waals surface area contributed by atoms with Crippen molar-refractivity contribution < 1.29 is 9.53 Å². The summed E-state index contributed by atoms with van der Waals surface area (Å²) in [4.78, 5) is 11.3. The maximum Gasteiger partial charge on any atom is 0.250 e. The summed E-state index contributed by atoms with van der Waals surface area (Å²) in [6, 6.07) is 0. The van der Waals surface area contributed by atoms with E-state index in [0.717, 1.165) is 12.8 Å². The highest BCUT2D eigenvalue weighted by atomic mass is 16.5. The number of nitrogens with two attached hydrogens (primary N) is 1. The van der Waals surface area contributed by atoms with Gasteiger partial charge in [0.15, 0.2) is 0 Å². The first kappa shape index (κ1) is 9.48. The Morgan fingerprint density at radius 2 is 2.33 bits per heavy atom. The van der Waals surface area contributed by atoms with E-state index in [0.29, 0.717) is 0 Å². The topological polar surface area (TPSA) is 64.3 Å². The Hall–Kier alpha value is -0.610. The minimum Gasteiger partial charge on any atom is -0.370 e. The zero-order chi connectivity index (χ0) is 9.19. The van der Waals surface area contributed by atoms with Gasteiger partial charge in [0.05, 0.1) is 0 Å². The molecule has 70 valence electrons. The standard InChI is InChI=1S/C8H16N2O2/c1-8(3-4-8)10-7(11)6(5-9)12-2/h6H,3-5,9H2,1-2H3,(H,10,11). The molecule has 4 heteroatoms. The van der Waals surface area contributed by atoms with E-state index in [9.17, 15) is 4.79 Å². The molecule has 0 aliphatic heterocycles. The van der Waals surface area contributed by atoms with Crippen molar-refractivity contribution in [1.29, 1.82) is 0 Å². The van der Waals surface area contributed by atoms with Gasteiger partial charge in [-0.15, -0.1) is 0 Å². The Morgan fingerprint density at radius 1 is 1.75 bits per heavy atom. The summed E-state index contributed by atoms with van der Waals surface area (Å²) in [6.07, 6.45) is 1.61. The van der Waals surface area contributed by atoms with E-state index >= 15 is 0 Å². The fourth-order valence-corrected chi connectivity index (χ4v) is 1.00. The number of rotatable bonds is 4. The highest BCUT2D eigenvalue weighted by Gasteiger charge is 2.39. The van der Waals surface area contributed by atoms with E-state index in [4.69, 9.17) is 10.5 Å². The fourth-order valence-electron chi connectivity index (χ4n) is 1.00. The highest BCUT2D eigenvalue weighted by molar-refractivity contribution is 5.82. The second-order valence-corrected chi connectivity index (χ2v) is 3.51. The third-order valence-electron chi connectivity index (χ3n) is 2.22. The van der Waals surface area contributed by atoms with E-state index in [-0.39, 0.29) is 18.0 Å². The van der Waals surface area contributed by atoms with Gasteiger partial charge in [0.2, 0.25) is 0 Å². The van der Waals surface area contributed by atoms with Gasteiger partial charge in [0.1, 0.15) is 6.10 Å². The van der Waals surface area contributed by atoms with Crippen LogP contribution < -0.4 is 11.1 Å². The number of nitrogens with one attached hydrogen (secondary N) is 1. The van der Waals surface area contributed by atoms with Crippen molar-refractivity contribution in [3.8, 4) is 0 Å². The maximum atomic E-state index is 11.3. The van der Waals surface area contributed by atoms with Gasteiger partial charge >= 0.3 is 0 Å². The minimum absolute atomic E-state index is 0.0169. The van der Waals surface area contributed by atoms with E-state index in [1.807, 2.05) is 6.92 Å². The molecule has 0 heterocycles. The number of carbonyl (C=O) groups is 1. The van der Waals surface area contributed by atoms with Gasteiger partial charge in [0, 0.05) is 19.2 Å². The Balaban J connectivity index is 2.35. The van der Waals surface area contributed by atoms with Gasteiger partial charge in [-0.3, -0.25) is 4.79 Å². The van der Waals surface area contributed by atoms with Gasteiger partial charge in [-0.1, -0.05) is 0 Å². The molecule has 1 aliphatic carbocycles. The second kappa shape index (κ2) is 3.41. The van der Waals surface area contributed by atoms with Crippen molar-refractivity contribution in [3.05, 3.63) is 0 Å². The molecular formula is C8H16N2O2. The molecule has 0 spiro atoms. The van der Waals surface area contributed by atoms with Crippen LogP contribution in [-0.2, 0) is 9.53 Å². The monoisotopic (exact) mass is 172 g/mol. The van der Waals surface area contributed by atoms with Crippen molar-refractivity contribution in [2.75, 3.05) is 13.7 Å². The van der Waals surface area contributed by atoms with Crippen LogP contribution in [-0.4, -0.2) is 31.2 Å². The molecule has 12 heavy (non-hydrogen) atoms. The molecule has 4 nitrogen and oxygen atoms in total. The Labute approximate surface area is 72.5 Å². The summed E-state index contributed by atoms with van der Waals surface area (Å²) in [5.41, 5.74) is 5.35. The predicted molar refractivity (Wildman–Crippen MR) is 45.6 cm³/mol. The lowest BCUT2D eigenvalue weighted by atomic mass is 10.2. The lowest BCUT2D eigenvalue weighted by Crippen LogP contribution is -2.45. The molecule has 1 atom stereocenters. The molecule has 1 saturated carbocycles. The number of hydrogen-bond acceptors (Lipinski definition) is 3. The zero-order valence-electron chi connectivity index (χ0n) is 7.59. The van der Waals surface area contributed by atoms with Crippen molar-refractivity contribution in [1.82, 2.24) is 5.32 Å². The van der Waals surface area contributed by atoms with Crippen LogP contribution in [0.2, 0.25) is 0 Å². The van der Waals surface area contributed by atoms with E-state index in [1.165, 1.54) is 7.11 Å². The van der Waals surface area contributed by atoms with Crippen LogP contribution in [0.15, 0.2) is 0 Å². The van der Waals surface area contributed by atoms with Crippen LogP contribution in [0.3, 0.4) is 0 Å². The lowest BCUT2D eigenvalue weighted by molar-refractivity contribution is -0.131. The molecule has 0 radical (unpaired) electrons. The molecule has 0 aromatic rings. The molecular weight excluding hydrogens is 156 g/mol. The first-order valence-electron chi connectivity index (χ1n) is 4.16. The first-order valence-corrected chi connectivity index (χ1v) is 4.16. The molecule has 1 aliphatic rings. The van der Waals surface area contributed by atoms with Crippen LogP contribution in [0.5, 0.6) is 0 Å². The summed E-state index contributed by atoms with van der Waals surface area (Å²) in [7, 11) is 1.49. The van der Waals surface area contributed by atoms with Gasteiger partial charge in [-0.2, -0.15) is 0 Å². The molecule has 1 fully saturated rings. The molecule has 0 bridgehead atoms. The number of methoxy groups -OCH3 is 1. The SMILES string of the molecule is COC(CN)C(=O)NC1(C)CC1. The Kier molecular flexibility index (Phi) is 2.69. The van der Waals surface area contributed by atoms with Crippen LogP contribution >= 0.6 is 0 Å². The van der Waals surface area contributed by atoms with Gasteiger partial charge in [0.25, 0.3) is 5.91 Å². The number of ether oxygens (including phenoxy) is 1. The normalized spacial score (nSPS) is 21.6. The highest BCUT2D eigenvalue weighted by Crippen LogP contribution is 2.34. The molecule has 0 aromatic carbocycles. The summed E-state index contributed by atoms with van der Waals surface area (Å²) in [5.74, 6) is -0.0972. The largest absolute Gasteiger partial charge is 0.370 e. The number of hydrogen-bond donors (Lipinski definition) is 2. The molecule has 1 unspecified atom stereocenters. The average Bonchev–Trinajstić information content (AvgIpc) is 2.70. The molecule has 1 rings (SSSR count). The summed E-state index contributed by atoms with van der Waals surface area (Å²) >= 11 is 0. The molecule has 0 saturated heterocycles. The van der Waals surface area contributed by atoms with Crippen LogP contribution in [0, 0.1) is 0 Å². The number of carbonyl (C=O) groups excluding carboxylic acids is 1. The van der Waals surface area contributed by atoms with E-state index in [1.54, 1.807) is 0 Å². The van der Waals surface area contributed by atoms with Crippen LogP contribution in [0.1, 0.15) is 19.8 Å². The van der Waals surface area contributed by atoms with Crippen LogP contribution in [0.4, 0.5) is 0 Å². The quantitative estimate of drug-likeness (QED) is 0.608. The molecule has 0 aromatic heterocycles. The van der Waals surface area contributed by atoms with Crippen molar-refractivity contribution in [2.24, 2.45) is 5.73 Å². The minimum atomic E-state index is -0.498. The third-order valence-corrected chi connectivity index (χ3v) is 2.22. The fraction of sp³-hybridized carbons (Fsp3) is 0.875. The maximum absolute atomic E-state index is 11.3. The third kappa shape index (κ3) is 2.19. The van der Waals surface area contributed by atoms with Gasteiger partial charge in [-0.05, 0) is 19.8 Å². The zero-order valence-corrected chi connectivity index (χ0v) is 7.59. The second-order valence-electron chi connectivity index (χ2n) is 3.51. The van der Waals surface area contributed by atoms with Crippen molar-refractivity contribution >= 4 is 5.91 Å². The number of amides is 1. The van der Waals surface area contributed by atoms with Gasteiger partial charge < -0.3 is 15.8 Å². The van der Waals surface area contributed by atoms with Crippen molar-refractivity contribution in [2.45, 2.75) is 31.4 Å². The summed E-state index contributed by atoms with van der Waals surface area (Å²) in [6.45, 7) is 2.26. The average molecular weight is 172 g/mol. The summed E-state index contributed by atoms with van der Waals surface area (Å²) in [5, 5.41) is 2.89. The lowest BCUT2D eigenvalue weighted by Gasteiger charge is -2.16. The Bertz CT molecular complexity index is 174. The van der Waals surface area contributed by atoms with Gasteiger partial charge in [-0.25, -0.2) is 0 Å². The first-order chi connectivity index (χ1) is 5.61. The predicted octanol–water partition coefficient (Wildman–Crippen LogP) is -0.371. The van der Waals surface area contributed by atoms with Crippen LogP contribution in [0.25, 0.3) is 0 Å². The Morgan fingerprint density at radius 3 is 2.67 bits per heavy atom. The smallest absolute Gasteiger partial charge is 0.250 e. The van der Waals surface area contributed by atoms with Crippen molar-refractivity contribution in [3.63, 3.8) is 0 Å². The molecule has 3 N–H and O–H groups in total.